The molecule has 252 valence electrons. The molecule has 1 aliphatic heterocycles. The van der Waals surface area contributed by atoms with Gasteiger partial charge in [-0.15, -0.1) is 5.48 Å². The third kappa shape index (κ3) is 7.29. The van der Waals surface area contributed by atoms with Gasteiger partial charge in [-0.3, -0.25) is 4.79 Å². The average Bonchev–Trinajstić information content (AvgIpc) is 3.11. The Bertz CT molecular complexity index is 1760. The molecule has 0 aromatic heterocycles. The lowest BCUT2D eigenvalue weighted by molar-refractivity contribution is 0.0935. The fourth-order valence-corrected chi connectivity index (χ4v) is 5.22. The van der Waals surface area contributed by atoms with Crippen LogP contribution in [0.1, 0.15) is 38.8 Å². The molecule has 12 nitrogen and oxygen atoms in total. The topological polar surface area (TPSA) is 127 Å². The van der Waals surface area contributed by atoms with E-state index in [0.717, 1.165) is 27.9 Å². The summed E-state index contributed by atoms with van der Waals surface area (Å²) in [6, 6.07) is 18.5. The van der Waals surface area contributed by atoms with E-state index in [4.69, 9.17) is 38.0 Å². The Kier molecular flexibility index (Phi) is 10.7. The first kappa shape index (κ1) is 33.6. The second kappa shape index (κ2) is 15.2. The summed E-state index contributed by atoms with van der Waals surface area (Å²) in [5.41, 5.74) is 7.63. The molecule has 0 spiro atoms. The number of anilines is 1. The van der Waals surface area contributed by atoms with Crippen molar-refractivity contribution in [2.75, 3.05) is 54.7 Å². The van der Waals surface area contributed by atoms with Gasteiger partial charge < -0.3 is 48.6 Å². The van der Waals surface area contributed by atoms with E-state index in [1.807, 2.05) is 73.7 Å². The van der Waals surface area contributed by atoms with Crippen molar-refractivity contribution in [3.8, 4) is 46.0 Å². The molecule has 4 aromatic carbocycles. The molecular formula is C36H39N3O9. The first-order chi connectivity index (χ1) is 23.3. The standard InChI is InChI=1S/C36H39N3O9/c1-21-8-12-26-25(14-21)36(40)39-35(38-26)24-11-13-27(28(19-24)41-2)47-20-37-48-34-31(44-5)17-23(18-32(34)45-6)10-9-22-15-29(42-3)33(46-7)30(16-22)43-4/h8-19,35,37-38H,20H2,1-7H3,(H,39,40)/b10-9-. The number of methoxy groups -OCH3 is 6. The highest BCUT2D eigenvalue weighted by Gasteiger charge is 2.25. The van der Waals surface area contributed by atoms with Crippen molar-refractivity contribution in [2.45, 2.75) is 13.1 Å². The summed E-state index contributed by atoms with van der Waals surface area (Å²) >= 11 is 0. The number of benzene rings is 4. The van der Waals surface area contributed by atoms with Gasteiger partial charge in [0.15, 0.2) is 41.2 Å². The van der Waals surface area contributed by atoms with Gasteiger partial charge in [0.1, 0.15) is 6.17 Å². The van der Waals surface area contributed by atoms with Crippen LogP contribution in [0.3, 0.4) is 0 Å². The van der Waals surface area contributed by atoms with E-state index in [2.05, 4.69) is 16.1 Å². The molecule has 1 amide bonds. The third-order valence-corrected chi connectivity index (χ3v) is 7.62. The van der Waals surface area contributed by atoms with Gasteiger partial charge in [0.05, 0.1) is 48.2 Å². The number of rotatable bonds is 14. The number of hydroxylamine groups is 1. The maximum Gasteiger partial charge on any atom is 0.255 e. The molecule has 1 aliphatic rings. The number of hydrogen-bond donors (Lipinski definition) is 3. The minimum absolute atomic E-state index is 0.0318. The van der Waals surface area contributed by atoms with Crippen LogP contribution in [0.5, 0.6) is 46.0 Å². The second-order valence-electron chi connectivity index (χ2n) is 10.6. The van der Waals surface area contributed by atoms with Gasteiger partial charge in [-0.1, -0.05) is 29.8 Å². The summed E-state index contributed by atoms with van der Waals surface area (Å²) in [5, 5.41) is 6.35. The zero-order valence-electron chi connectivity index (χ0n) is 27.9. The van der Waals surface area contributed by atoms with Crippen LogP contribution < -0.4 is 54.1 Å². The molecule has 48 heavy (non-hydrogen) atoms. The maximum absolute atomic E-state index is 12.7. The molecule has 1 heterocycles. The van der Waals surface area contributed by atoms with Crippen molar-refractivity contribution in [1.82, 2.24) is 10.8 Å². The van der Waals surface area contributed by atoms with Crippen LogP contribution in [-0.2, 0) is 0 Å². The Morgan fingerprint density at radius 1 is 0.646 bits per heavy atom. The van der Waals surface area contributed by atoms with E-state index in [0.29, 0.717) is 51.6 Å². The van der Waals surface area contributed by atoms with Crippen LogP contribution in [0.4, 0.5) is 5.69 Å². The monoisotopic (exact) mass is 657 g/mol. The Morgan fingerprint density at radius 3 is 1.79 bits per heavy atom. The van der Waals surface area contributed by atoms with Gasteiger partial charge >= 0.3 is 0 Å². The SMILES string of the molecule is COc1cc(C2NC(=O)c3cc(C)ccc3N2)ccc1OCNOc1c(OC)cc(/C=C\c2cc(OC)c(OC)c(OC)c2)cc1OC. The maximum atomic E-state index is 12.7. The zero-order valence-corrected chi connectivity index (χ0v) is 27.9. The Morgan fingerprint density at radius 2 is 1.23 bits per heavy atom. The van der Waals surface area contributed by atoms with Crippen LogP contribution in [-0.4, -0.2) is 55.3 Å². The van der Waals surface area contributed by atoms with Crippen molar-refractivity contribution in [1.29, 1.82) is 0 Å². The van der Waals surface area contributed by atoms with Gasteiger partial charge in [0.25, 0.3) is 5.91 Å². The van der Waals surface area contributed by atoms with E-state index in [9.17, 15) is 4.79 Å². The molecule has 0 aliphatic carbocycles. The quantitative estimate of drug-likeness (QED) is 0.0641. The molecular weight excluding hydrogens is 618 g/mol. The van der Waals surface area contributed by atoms with Gasteiger partial charge in [0.2, 0.25) is 11.5 Å². The minimum Gasteiger partial charge on any atom is -0.493 e. The van der Waals surface area contributed by atoms with Crippen molar-refractivity contribution < 1.29 is 42.8 Å². The minimum atomic E-state index is -0.434. The van der Waals surface area contributed by atoms with Crippen molar-refractivity contribution >= 4 is 23.7 Å². The molecule has 1 atom stereocenters. The fourth-order valence-electron chi connectivity index (χ4n) is 5.22. The summed E-state index contributed by atoms with van der Waals surface area (Å²) in [7, 11) is 9.34. The van der Waals surface area contributed by atoms with E-state index >= 15 is 0 Å². The average molecular weight is 658 g/mol. The molecule has 5 rings (SSSR count). The number of nitrogens with one attached hydrogen (secondary N) is 3. The van der Waals surface area contributed by atoms with E-state index in [1.54, 1.807) is 48.7 Å². The lowest BCUT2D eigenvalue weighted by Gasteiger charge is -2.28. The number of carbonyl (C=O) groups excluding carboxylic acids is 1. The number of ether oxygens (including phenoxy) is 7. The molecule has 4 aromatic rings. The highest BCUT2D eigenvalue weighted by atomic mass is 16.7. The second-order valence-corrected chi connectivity index (χ2v) is 10.6. The van der Waals surface area contributed by atoms with Crippen LogP contribution in [0, 0.1) is 6.92 Å². The summed E-state index contributed by atoms with van der Waals surface area (Å²) in [5.74, 6) is 3.64. The summed E-state index contributed by atoms with van der Waals surface area (Å²) in [4.78, 5) is 18.6. The van der Waals surface area contributed by atoms with Gasteiger partial charge in [0, 0.05) is 5.69 Å². The normalized spacial score (nSPS) is 13.6. The van der Waals surface area contributed by atoms with Crippen LogP contribution in [0.2, 0.25) is 0 Å². The number of hydrogen-bond acceptors (Lipinski definition) is 11. The molecule has 3 N–H and O–H groups in total. The van der Waals surface area contributed by atoms with Crippen molar-refractivity contribution in [2.24, 2.45) is 0 Å². The van der Waals surface area contributed by atoms with E-state index in [1.165, 1.54) is 0 Å². The van der Waals surface area contributed by atoms with Gasteiger partial charge in [-0.05, 0) is 72.1 Å². The summed E-state index contributed by atoms with van der Waals surface area (Å²) in [6.07, 6.45) is 3.37. The lowest BCUT2D eigenvalue weighted by Crippen LogP contribution is -2.38. The highest BCUT2D eigenvalue weighted by Crippen LogP contribution is 2.41. The number of amides is 1. The molecule has 0 saturated heterocycles. The van der Waals surface area contributed by atoms with Crippen molar-refractivity contribution in [3.63, 3.8) is 0 Å². The Hall–Kier alpha value is -5.75. The molecule has 0 fully saturated rings. The first-order valence-corrected chi connectivity index (χ1v) is 14.9. The fraction of sp³-hybridized carbons (Fsp3) is 0.250. The van der Waals surface area contributed by atoms with Gasteiger partial charge in [-0.2, -0.15) is 0 Å². The lowest BCUT2D eigenvalue weighted by atomic mass is 10.0. The summed E-state index contributed by atoms with van der Waals surface area (Å²) in [6.45, 7) is 1.92. The number of fused-ring (bicyclic) bond motifs is 1. The molecule has 0 radical (unpaired) electrons. The van der Waals surface area contributed by atoms with E-state index < -0.39 is 6.17 Å². The molecule has 0 saturated carbocycles. The first-order valence-electron chi connectivity index (χ1n) is 14.9. The van der Waals surface area contributed by atoms with E-state index in [-0.39, 0.29) is 12.6 Å². The van der Waals surface area contributed by atoms with Gasteiger partial charge in [-0.25, -0.2) is 0 Å². The predicted octanol–water partition coefficient (Wildman–Crippen LogP) is 5.99. The smallest absolute Gasteiger partial charge is 0.255 e. The number of aryl methyl sites for hydroxylation is 1. The largest absolute Gasteiger partial charge is 0.493 e. The van der Waals surface area contributed by atoms with Crippen LogP contribution in [0.25, 0.3) is 12.2 Å². The highest BCUT2D eigenvalue weighted by molar-refractivity contribution is 6.01. The Labute approximate surface area is 279 Å². The third-order valence-electron chi connectivity index (χ3n) is 7.62. The Balaban J connectivity index is 1.24. The predicted molar refractivity (Wildman–Crippen MR) is 182 cm³/mol. The molecule has 0 bridgehead atoms. The van der Waals surface area contributed by atoms with Crippen molar-refractivity contribution in [3.05, 3.63) is 88.5 Å². The molecule has 12 heteroatoms. The zero-order chi connectivity index (χ0) is 34.2. The number of carbonyl (C=O) groups is 1. The van der Waals surface area contributed by atoms with Crippen LogP contribution >= 0.6 is 0 Å². The summed E-state index contributed by atoms with van der Waals surface area (Å²) < 4.78 is 39.0. The molecule has 1 unspecified atom stereocenters. The van der Waals surface area contributed by atoms with Crippen LogP contribution in [0.15, 0.2) is 60.7 Å².